The quantitative estimate of drug-likeness (QED) is 0.758. The third-order valence-electron chi connectivity index (χ3n) is 2.98. The van der Waals surface area contributed by atoms with Crippen molar-refractivity contribution >= 4 is 17.2 Å². The van der Waals surface area contributed by atoms with Gasteiger partial charge in [-0.1, -0.05) is 18.3 Å². The second-order valence-corrected chi connectivity index (χ2v) is 4.79. The molecule has 100 valence electrons. The van der Waals surface area contributed by atoms with Crippen LogP contribution in [0.4, 0.5) is 0 Å². The standard InChI is InChI=1S/C13H20N2O2S/c1-9(8-16)15(2)7-10-4-5-12(17-3)11(6-10)13(14)18/h4-6,9,16H,7-8H2,1-3H3,(H2,14,18). The Balaban J connectivity index is 2.91. The molecular weight excluding hydrogens is 248 g/mol. The number of aliphatic hydroxyl groups excluding tert-OH is 1. The van der Waals surface area contributed by atoms with E-state index in [1.165, 1.54) is 0 Å². The first-order valence-corrected chi connectivity index (χ1v) is 6.18. The molecule has 0 aliphatic rings. The Kier molecular flexibility index (Phi) is 5.53. The molecule has 0 saturated carbocycles. The van der Waals surface area contributed by atoms with Gasteiger partial charge in [0.1, 0.15) is 10.7 Å². The largest absolute Gasteiger partial charge is 0.496 e. The van der Waals surface area contributed by atoms with Gasteiger partial charge in [-0.3, -0.25) is 4.90 Å². The number of nitrogens with zero attached hydrogens (tertiary/aromatic N) is 1. The second-order valence-electron chi connectivity index (χ2n) is 4.35. The molecule has 4 nitrogen and oxygen atoms in total. The highest BCUT2D eigenvalue weighted by Gasteiger charge is 2.11. The Morgan fingerprint density at radius 2 is 2.22 bits per heavy atom. The monoisotopic (exact) mass is 268 g/mol. The summed E-state index contributed by atoms with van der Waals surface area (Å²) < 4.78 is 5.21. The van der Waals surface area contributed by atoms with E-state index in [0.29, 0.717) is 10.7 Å². The van der Waals surface area contributed by atoms with E-state index in [0.717, 1.165) is 17.7 Å². The maximum absolute atomic E-state index is 9.11. The fourth-order valence-electron chi connectivity index (χ4n) is 1.63. The molecule has 0 saturated heterocycles. The lowest BCUT2D eigenvalue weighted by Gasteiger charge is -2.23. The van der Waals surface area contributed by atoms with Crippen LogP contribution in [0.25, 0.3) is 0 Å². The molecule has 1 aromatic rings. The number of ether oxygens (including phenoxy) is 1. The molecule has 5 heteroatoms. The molecule has 0 heterocycles. The van der Waals surface area contributed by atoms with Crippen LogP contribution in [0.5, 0.6) is 5.75 Å². The Bertz CT molecular complexity index is 423. The maximum Gasteiger partial charge on any atom is 0.129 e. The minimum absolute atomic E-state index is 0.111. The van der Waals surface area contributed by atoms with Crippen LogP contribution in [0.15, 0.2) is 18.2 Å². The smallest absolute Gasteiger partial charge is 0.129 e. The Labute approximate surface area is 113 Å². The molecule has 0 bridgehead atoms. The van der Waals surface area contributed by atoms with E-state index in [1.54, 1.807) is 7.11 Å². The van der Waals surface area contributed by atoms with Gasteiger partial charge in [0.05, 0.1) is 19.3 Å². The fourth-order valence-corrected chi connectivity index (χ4v) is 1.79. The minimum Gasteiger partial charge on any atom is -0.496 e. The van der Waals surface area contributed by atoms with Crippen LogP contribution in [0.2, 0.25) is 0 Å². The van der Waals surface area contributed by atoms with Crippen molar-refractivity contribution in [2.75, 3.05) is 20.8 Å². The van der Waals surface area contributed by atoms with Crippen molar-refractivity contribution in [1.82, 2.24) is 4.90 Å². The minimum atomic E-state index is 0.111. The van der Waals surface area contributed by atoms with Gasteiger partial charge in [-0.25, -0.2) is 0 Å². The molecule has 18 heavy (non-hydrogen) atoms. The highest BCUT2D eigenvalue weighted by Crippen LogP contribution is 2.20. The van der Waals surface area contributed by atoms with E-state index in [9.17, 15) is 0 Å². The van der Waals surface area contributed by atoms with Crippen molar-refractivity contribution < 1.29 is 9.84 Å². The van der Waals surface area contributed by atoms with Gasteiger partial charge in [0.15, 0.2) is 0 Å². The van der Waals surface area contributed by atoms with Crippen molar-refractivity contribution in [3.63, 3.8) is 0 Å². The molecule has 1 rings (SSSR count). The maximum atomic E-state index is 9.11. The van der Waals surface area contributed by atoms with Crippen LogP contribution in [-0.4, -0.2) is 41.8 Å². The average Bonchev–Trinajstić information content (AvgIpc) is 2.37. The third-order valence-corrected chi connectivity index (χ3v) is 3.20. The topological polar surface area (TPSA) is 58.7 Å². The summed E-state index contributed by atoms with van der Waals surface area (Å²) in [4.78, 5) is 2.39. The van der Waals surface area contributed by atoms with Crippen molar-refractivity contribution in [3.8, 4) is 5.75 Å². The van der Waals surface area contributed by atoms with Crippen LogP contribution in [-0.2, 0) is 6.54 Å². The molecule has 0 aromatic heterocycles. The molecule has 0 radical (unpaired) electrons. The average molecular weight is 268 g/mol. The molecule has 3 N–H and O–H groups in total. The Morgan fingerprint density at radius 1 is 1.56 bits per heavy atom. The molecule has 0 aliphatic heterocycles. The Morgan fingerprint density at radius 3 is 2.72 bits per heavy atom. The summed E-state index contributed by atoms with van der Waals surface area (Å²) in [6, 6.07) is 5.88. The molecule has 0 fully saturated rings. The van der Waals surface area contributed by atoms with E-state index in [-0.39, 0.29) is 12.6 Å². The molecule has 1 atom stereocenters. The van der Waals surface area contributed by atoms with Gasteiger partial charge in [0, 0.05) is 12.6 Å². The zero-order chi connectivity index (χ0) is 13.7. The summed E-state index contributed by atoms with van der Waals surface area (Å²) in [6.07, 6.45) is 0. The number of likely N-dealkylation sites (N-methyl/N-ethyl adjacent to an activating group) is 1. The highest BCUT2D eigenvalue weighted by molar-refractivity contribution is 7.80. The fraction of sp³-hybridized carbons (Fsp3) is 0.462. The number of hydrogen-bond donors (Lipinski definition) is 2. The molecule has 0 amide bonds. The third kappa shape index (κ3) is 3.66. The summed E-state index contributed by atoms with van der Waals surface area (Å²) in [5, 5.41) is 9.11. The Hall–Kier alpha value is -1.17. The molecule has 0 spiro atoms. The lowest BCUT2D eigenvalue weighted by Crippen LogP contribution is -2.31. The number of hydrogen-bond acceptors (Lipinski definition) is 4. The zero-order valence-corrected chi connectivity index (χ0v) is 11.8. The van der Waals surface area contributed by atoms with Crippen molar-refractivity contribution in [3.05, 3.63) is 29.3 Å². The molecular formula is C13H20N2O2S. The first kappa shape index (κ1) is 14.9. The number of rotatable bonds is 6. The van der Waals surface area contributed by atoms with E-state index < -0.39 is 0 Å². The molecule has 1 unspecified atom stereocenters. The van der Waals surface area contributed by atoms with Gasteiger partial charge in [-0.2, -0.15) is 0 Å². The van der Waals surface area contributed by atoms with Crippen molar-refractivity contribution in [2.24, 2.45) is 5.73 Å². The van der Waals surface area contributed by atoms with E-state index in [2.05, 4.69) is 4.90 Å². The van der Waals surface area contributed by atoms with Crippen LogP contribution in [0, 0.1) is 0 Å². The number of nitrogens with two attached hydrogens (primary N) is 1. The second kappa shape index (κ2) is 6.68. The van der Waals surface area contributed by atoms with Gasteiger partial charge < -0.3 is 15.6 Å². The SMILES string of the molecule is COc1ccc(CN(C)C(C)CO)cc1C(N)=S. The predicted molar refractivity (Wildman–Crippen MR) is 76.9 cm³/mol. The number of thiocarbonyl (C=S) groups is 1. The summed E-state index contributed by atoms with van der Waals surface area (Å²) in [5.41, 5.74) is 7.50. The van der Waals surface area contributed by atoms with E-state index in [1.807, 2.05) is 32.2 Å². The van der Waals surface area contributed by atoms with Crippen LogP contribution < -0.4 is 10.5 Å². The van der Waals surface area contributed by atoms with Gasteiger partial charge in [0.25, 0.3) is 0 Å². The predicted octanol–water partition coefficient (Wildman–Crippen LogP) is 1.14. The van der Waals surface area contributed by atoms with Crippen molar-refractivity contribution in [1.29, 1.82) is 0 Å². The highest BCUT2D eigenvalue weighted by atomic mass is 32.1. The summed E-state index contributed by atoms with van der Waals surface area (Å²) in [6.45, 7) is 2.83. The molecule has 0 aliphatic carbocycles. The van der Waals surface area contributed by atoms with Crippen LogP contribution in [0.3, 0.4) is 0 Å². The lowest BCUT2D eigenvalue weighted by atomic mass is 10.1. The van der Waals surface area contributed by atoms with Crippen molar-refractivity contribution in [2.45, 2.75) is 19.5 Å². The first-order valence-electron chi connectivity index (χ1n) is 5.77. The van der Waals surface area contributed by atoms with Gasteiger partial charge in [-0.05, 0) is 31.7 Å². The van der Waals surface area contributed by atoms with Gasteiger partial charge >= 0.3 is 0 Å². The van der Waals surface area contributed by atoms with Gasteiger partial charge in [-0.15, -0.1) is 0 Å². The lowest BCUT2D eigenvalue weighted by molar-refractivity contribution is 0.154. The van der Waals surface area contributed by atoms with Crippen LogP contribution in [0.1, 0.15) is 18.1 Å². The summed E-state index contributed by atoms with van der Waals surface area (Å²) in [7, 11) is 3.56. The molecule has 1 aromatic carbocycles. The number of aliphatic hydroxyl groups is 1. The normalized spacial score (nSPS) is 12.5. The van der Waals surface area contributed by atoms with Gasteiger partial charge in [0.2, 0.25) is 0 Å². The summed E-state index contributed by atoms with van der Waals surface area (Å²) >= 11 is 5.01. The zero-order valence-electron chi connectivity index (χ0n) is 11.0. The number of methoxy groups -OCH3 is 1. The summed E-state index contributed by atoms with van der Waals surface area (Å²) in [5.74, 6) is 0.684. The number of benzene rings is 1. The van der Waals surface area contributed by atoms with Crippen LogP contribution >= 0.6 is 12.2 Å². The van der Waals surface area contributed by atoms with E-state index >= 15 is 0 Å². The first-order chi connectivity index (χ1) is 8.49. The van der Waals surface area contributed by atoms with E-state index in [4.69, 9.17) is 27.8 Å².